The van der Waals surface area contributed by atoms with Crippen LogP contribution in [0.4, 0.5) is 23.0 Å². The summed E-state index contributed by atoms with van der Waals surface area (Å²) in [6.45, 7) is 2.27. The number of nitrogens with one attached hydrogen (secondary N) is 3. The highest BCUT2D eigenvalue weighted by Crippen LogP contribution is 2.33. The Morgan fingerprint density at radius 2 is 2.09 bits per heavy atom. The Kier molecular flexibility index (Phi) is 4.61. The van der Waals surface area contributed by atoms with Gasteiger partial charge in [0.1, 0.15) is 11.6 Å². The molecule has 0 atom stereocenters. The Morgan fingerprint density at radius 1 is 1.24 bits per heavy atom. The molecule has 2 fully saturated rings. The Bertz CT molecular complexity index is 1400. The fraction of sp³-hybridized carbons (Fsp3) is 0.292. The van der Waals surface area contributed by atoms with Crippen molar-refractivity contribution >= 4 is 52.5 Å². The largest absolute Gasteiger partial charge is 0.367 e. The summed E-state index contributed by atoms with van der Waals surface area (Å²) < 4.78 is 1.71. The molecule has 10 heteroatoms. The lowest BCUT2D eigenvalue weighted by molar-refractivity contribution is -0.124. The fourth-order valence-electron chi connectivity index (χ4n) is 4.43. The molecule has 34 heavy (non-hydrogen) atoms. The van der Waals surface area contributed by atoms with Gasteiger partial charge in [-0.2, -0.15) is 9.61 Å². The molecular formula is C24H23N7O3. The van der Waals surface area contributed by atoms with E-state index in [4.69, 9.17) is 4.98 Å². The third-order valence-corrected chi connectivity index (χ3v) is 6.29. The van der Waals surface area contributed by atoms with E-state index in [9.17, 15) is 14.4 Å². The molecule has 1 saturated heterocycles. The van der Waals surface area contributed by atoms with Crippen molar-refractivity contribution in [1.29, 1.82) is 0 Å². The van der Waals surface area contributed by atoms with Crippen molar-refractivity contribution in [3.05, 3.63) is 47.2 Å². The number of hydrogen-bond donors (Lipinski definition) is 3. The minimum Gasteiger partial charge on any atom is -0.367 e. The maximum Gasteiger partial charge on any atom is 0.254 e. The number of carbonyl (C=O) groups is 3. The number of nitrogens with zero attached hydrogens (tertiary/aromatic N) is 4. The maximum atomic E-state index is 12.0. The lowest BCUT2D eigenvalue weighted by Gasteiger charge is -2.16. The van der Waals surface area contributed by atoms with E-state index in [1.807, 2.05) is 24.3 Å². The van der Waals surface area contributed by atoms with Gasteiger partial charge in [-0.25, -0.2) is 4.98 Å². The predicted octanol–water partition coefficient (Wildman–Crippen LogP) is 2.39. The van der Waals surface area contributed by atoms with Crippen LogP contribution in [0.3, 0.4) is 0 Å². The zero-order valence-corrected chi connectivity index (χ0v) is 18.6. The molecule has 1 saturated carbocycles. The lowest BCUT2D eigenvalue weighted by atomic mass is 10.1. The van der Waals surface area contributed by atoms with Crippen molar-refractivity contribution in [1.82, 2.24) is 19.9 Å². The van der Waals surface area contributed by atoms with Gasteiger partial charge in [0, 0.05) is 48.1 Å². The second kappa shape index (κ2) is 7.68. The van der Waals surface area contributed by atoms with E-state index >= 15 is 0 Å². The Morgan fingerprint density at radius 3 is 2.82 bits per heavy atom. The fourth-order valence-corrected chi connectivity index (χ4v) is 4.43. The van der Waals surface area contributed by atoms with Crippen molar-refractivity contribution < 1.29 is 14.4 Å². The van der Waals surface area contributed by atoms with Crippen LogP contribution in [0.5, 0.6) is 0 Å². The molecule has 6 rings (SSSR count). The molecule has 2 aromatic heterocycles. The topological polar surface area (TPSA) is 121 Å². The zero-order valence-electron chi connectivity index (χ0n) is 18.6. The van der Waals surface area contributed by atoms with Gasteiger partial charge in [-0.15, -0.1) is 0 Å². The third-order valence-electron chi connectivity index (χ3n) is 6.29. The van der Waals surface area contributed by atoms with Crippen LogP contribution in [0.25, 0.3) is 11.7 Å². The summed E-state index contributed by atoms with van der Waals surface area (Å²) >= 11 is 0. The first-order chi connectivity index (χ1) is 16.4. The lowest BCUT2D eigenvalue weighted by Crippen LogP contribution is -2.25. The summed E-state index contributed by atoms with van der Waals surface area (Å²) in [5.74, 6) is 0.726. The van der Waals surface area contributed by atoms with E-state index in [2.05, 4.69) is 21.0 Å². The molecule has 0 spiro atoms. The van der Waals surface area contributed by atoms with Crippen LogP contribution in [0.2, 0.25) is 0 Å². The van der Waals surface area contributed by atoms with Crippen molar-refractivity contribution in [3.63, 3.8) is 0 Å². The van der Waals surface area contributed by atoms with Crippen LogP contribution in [0.15, 0.2) is 36.0 Å². The third kappa shape index (κ3) is 3.66. The average Bonchev–Trinajstić information content (AvgIpc) is 3.21. The smallest absolute Gasteiger partial charge is 0.254 e. The molecule has 3 aromatic rings. The van der Waals surface area contributed by atoms with E-state index in [-0.39, 0.29) is 24.1 Å². The van der Waals surface area contributed by atoms with Crippen molar-refractivity contribution in [2.45, 2.75) is 38.6 Å². The first kappa shape index (κ1) is 20.4. The minimum absolute atomic E-state index is 0.0257. The molecule has 0 radical (unpaired) electrons. The number of amides is 3. The summed E-state index contributed by atoms with van der Waals surface area (Å²) in [4.78, 5) is 42.2. The van der Waals surface area contributed by atoms with Crippen LogP contribution in [-0.4, -0.2) is 44.9 Å². The van der Waals surface area contributed by atoms with Gasteiger partial charge in [-0.3, -0.25) is 19.7 Å². The Balaban J connectivity index is 1.39. The molecular weight excluding hydrogens is 434 g/mol. The second-order valence-corrected chi connectivity index (χ2v) is 8.89. The number of benzene rings is 1. The molecule has 3 amide bonds. The van der Waals surface area contributed by atoms with Gasteiger partial charge in [0.2, 0.25) is 11.8 Å². The average molecular weight is 457 g/mol. The SMILES string of the molecule is CC(=O)N1CCc2ccc(Nc3cc(NC4CC4)n4ncc(/C=C5\CC(=O)NC5=O)c4n3)cc21. The Labute approximate surface area is 195 Å². The van der Waals surface area contributed by atoms with Gasteiger partial charge in [-0.1, -0.05) is 6.07 Å². The first-order valence-corrected chi connectivity index (χ1v) is 11.3. The van der Waals surface area contributed by atoms with Crippen LogP contribution in [0.1, 0.15) is 37.3 Å². The van der Waals surface area contributed by atoms with E-state index < -0.39 is 0 Å². The quantitative estimate of drug-likeness (QED) is 0.397. The van der Waals surface area contributed by atoms with Crippen molar-refractivity contribution in [3.8, 4) is 0 Å². The van der Waals surface area contributed by atoms with E-state index in [0.717, 1.165) is 42.0 Å². The van der Waals surface area contributed by atoms with Gasteiger partial charge in [0.05, 0.1) is 12.6 Å². The highest BCUT2D eigenvalue weighted by atomic mass is 16.2. The van der Waals surface area contributed by atoms with Crippen molar-refractivity contribution in [2.75, 3.05) is 22.1 Å². The van der Waals surface area contributed by atoms with E-state index in [1.54, 1.807) is 28.6 Å². The highest BCUT2D eigenvalue weighted by Gasteiger charge is 2.26. The molecule has 4 heterocycles. The zero-order chi connectivity index (χ0) is 23.4. The van der Waals surface area contributed by atoms with Crippen LogP contribution in [0, 0.1) is 0 Å². The molecule has 172 valence electrons. The number of fused-ring (bicyclic) bond motifs is 2. The van der Waals surface area contributed by atoms with Gasteiger partial charge in [-0.05, 0) is 43.0 Å². The monoisotopic (exact) mass is 457 g/mol. The number of rotatable bonds is 5. The normalized spacial score (nSPS) is 18.5. The van der Waals surface area contributed by atoms with Gasteiger partial charge in [0.15, 0.2) is 5.65 Å². The number of imide groups is 1. The molecule has 3 N–H and O–H groups in total. The second-order valence-electron chi connectivity index (χ2n) is 8.89. The summed E-state index contributed by atoms with van der Waals surface area (Å²) in [5.41, 5.74) is 4.50. The van der Waals surface area contributed by atoms with Crippen molar-refractivity contribution in [2.24, 2.45) is 0 Å². The summed E-state index contributed by atoms with van der Waals surface area (Å²) in [6, 6.07) is 8.28. The molecule has 10 nitrogen and oxygen atoms in total. The standard InChI is InChI=1S/C24H23N7O3/c1-13(32)30-7-6-14-2-3-18(10-19(14)30)26-20-11-21(27-17-4-5-17)31-23(28-20)16(12-25-31)8-15-9-22(33)29-24(15)34/h2-3,8,10-12,17,27H,4-7,9H2,1H3,(H,26,28)(H,29,33,34)/b15-8+. The first-order valence-electron chi connectivity index (χ1n) is 11.3. The molecule has 3 aliphatic rings. The molecule has 1 aromatic carbocycles. The van der Waals surface area contributed by atoms with Crippen LogP contribution in [-0.2, 0) is 20.8 Å². The molecule has 1 aliphatic carbocycles. The van der Waals surface area contributed by atoms with Gasteiger partial charge in [0.25, 0.3) is 5.91 Å². The maximum absolute atomic E-state index is 12.0. The predicted molar refractivity (Wildman–Crippen MR) is 127 cm³/mol. The van der Waals surface area contributed by atoms with E-state index in [0.29, 0.717) is 35.2 Å². The molecule has 2 aliphatic heterocycles. The Hall–Kier alpha value is -4.21. The number of hydrogen-bond acceptors (Lipinski definition) is 7. The van der Waals surface area contributed by atoms with Gasteiger partial charge < -0.3 is 15.5 Å². The number of anilines is 4. The molecule has 0 unspecified atom stereocenters. The molecule has 0 bridgehead atoms. The van der Waals surface area contributed by atoms with Crippen LogP contribution < -0.4 is 20.9 Å². The highest BCUT2D eigenvalue weighted by molar-refractivity contribution is 6.15. The minimum atomic E-state index is -0.386. The van der Waals surface area contributed by atoms with E-state index in [1.165, 1.54) is 0 Å². The van der Waals surface area contributed by atoms with Crippen LogP contribution >= 0.6 is 0 Å². The van der Waals surface area contributed by atoms with Gasteiger partial charge >= 0.3 is 0 Å². The number of aromatic nitrogens is 3. The number of carbonyl (C=O) groups excluding carboxylic acids is 3. The summed E-state index contributed by atoms with van der Waals surface area (Å²) in [6.07, 6.45) is 6.40. The summed E-state index contributed by atoms with van der Waals surface area (Å²) in [5, 5.41) is 13.6. The summed E-state index contributed by atoms with van der Waals surface area (Å²) in [7, 11) is 0.